The highest BCUT2D eigenvalue weighted by Gasteiger charge is 2.17. The lowest BCUT2D eigenvalue weighted by Crippen LogP contribution is -2.11. The number of imidazole rings is 1. The van der Waals surface area contributed by atoms with Gasteiger partial charge in [0.15, 0.2) is 11.5 Å². The number of fused-ring (bicyclic) bond motifs is 2. The van der Waals surface area contributed by atoms with Gasteiger partial charge >= 0.3 is 0 Å². The largest absolute Gasteiger partial charge is 0.336 e. The maximum absolute atomic E-state index is 4.86. The van der Waals surface area contributed by atoms with Gasteiger partial charge in [-0.25, -0.2) is 9.97 Å². The number of pyridine rings is 4. The first kappa shape index (κ1) is 20.1. The zero-order valence-corrected chi connectivity index (χ0v) is 18.4. The van der Waals surface area contributed by atoms with E-state index in [1.54, 1.807) is 18.6 Å². The topological polar surface area (TPSA) is 121 Å². The summed E-state index contributed by atoms with van der Waals surface area (Å²) in [6.07, 6.45) is 10.9. The molecule has 9 nitrogen and oxygen atoms in total. The Morgan fingerprint density at radius 1 is 0.882 bits per heavy atom. The number of aromatic amines is 2. The molecule has 3 N–H and O–H groups in total. The van der Waals surface area contributed by atoms with Gasteiger partial charge in [-0.05, 0) is 42.4 Å². The standard InChI is InChI=1S/C25H21N9/c1-2-26-10-15-8-17(13-28-11-15)18-9-19-22(33-34-24(19)30-14-18)25-31-20-5-7-29-21(23(20)32-25)16-4-3-6-27-12-16/h3-9,11-14,26H,2,10H2,1H3,(H,31,32)(H,30,33,34). The van der Waals surface area contributed by atoms with E-state index >= 15 is 0 Å². The van der Waals surface area contributed by atoms with Crippen LogP contribution in [-0.4, -0.2) is 46.6 Å². The van der Waals surface area contributed by atoms with E-state index in [1.165, 1.54) is 0 Å². The Hall–Kier alpha value is -4.50. The average Bonchev–Trinajstić information content (AvgIpc) is 3.51. The van der Waals surface area contributed by atoms with Gasteiger partial charge in [0.2, 0.25) is 0 Å². The fourth-order valence-electron chi connectivity index (χ4n) is 4.01. The molecule has 0 spiro atoms. The third kappa shape index (κ3) is 3.57. The van der Waals surface area contributed by atoms with Gasteiger partial charge < -0.3 is 10.3 Å². The second-order valence-electron chi connectivity index (χ2n) is 7.94. The highest BCUT2D eigenvalue weighted by atomic mass is 15.2. The molecule has 0 radical (unpaired) electrons. The molecule has 166 valence electrons. The predicted molar refractivity (Wildman–Crippen MR) is 131 cm³/mol. The molecular formula is C25H21N9. The second-order valence-corrected chi connectivity index (χ2v) is 7.94. The third-order valence-corrected chi connectivity index (χ3v) is 5.68. The van der Waals surface area contributed by atoms with Crippen molar-refractivity contribution in [3.05, 3.63) is 73.1 Å². The second kappa shape index (κ2) is 8.45. The van der Waals surface area contributed by atoms with Crippen molar-refractivity contribution in [2.45, 2.75) is 13.5 Å². The summed E-state index contributed by atoms with van der Waals surface area (Å²) in [6.45, 7) is 3.77. The minimum atomic E-state index is 0.650. The highest BCUT2D eigenvalue weighted by Crippen LogP contribution is 2.31. The normalized spacial score (nSPS) is 11.4. The summed E-state index contributed by atoms with van der Waals surface area (Å²) in [6, 6.07) is 9.97. The summed E-state index contributed by atoms with van der Waals surface area (Å²) in [5, 5.41) is 11.8. The number of aromatic nitrogens is 8. The summed E-state index contributed by atoms with van der Waals surface area (Å²) < 4.78 is 0. The van der Waals surface area contributed by atoms with Crippen LogP contribution in [0.3, 0.4) is 0 Å². The van der Waals surface area contributed by atoms with E-state index in [-0.39, 0.29) is 0 Å². The van der Waals surface area contributed by atoms with Crippen LogP contribution < -0.4 is 5.32 Å². The van der Waals surface area contributed by atoms with E-state index in [0.717, 1.165) is 57.5 Å². The van der Waals surface area contributed by atoms with Gasteiger partial charge in [-0.15, -0.1) is 0 Å². The van der Waals surface area contributed by atoms with Crippen LogP contribution in [0.5, 0.6) is 0 Å². The molecule has 0 aromatic carbocycles. The molecule has 0 amide bonds. The van der Waals surface area contributed by atoms with Crippen LogP contribution in [0.25, 0.3) is 56.0 Å². The zero-order chi connectivity index (χ0) is 22.9. The van der Waals surface area contributed by atoms with E-state index in [2.05, 4.69) is 59.5 Å². The molecule has 0 aliphatic heterocycles. The van der Waals surface area contributed by atoms with Crippen LogP contribution >= 0.6 is 0 Å². The minimum absolute atomic E-state index is 0.650. The Labute approximate surface area is 194 Å². The van der Waals surface area contributed by atoms with Gasteiger partial charge in [-0.3, -0.25) is 20.1 Å². The quantitative estimate of drug-likeness (QED) is 0.351. The maximum atomic E-state index is 4.86. The average molecular weight is 448 g/mol. The van der Waals surface area contributed by atoms with E-state index in [9.17, 15) is 0 Å². The van der Waals surface area contributed by atoms with Gasteiger partial charge in [0.1, 0.15) is 11.2 Å². The van der Waals surface area contributed by atoms with Crippen molar-refractivity contribution in [2.75, 3.05) is 6.54 Å². The van der Waals surface area contributed by atoms with E-state index in [4.69, 9.17) is 4.98 Å². The molecule has 0 atom stereocenters. The summed E-state index contributed by atoms with van der Waals surface area (Å²) >= 11 is 0. The summed E-state index contributed by atoms with van der Waals surface area (Å²) in [7, 11) is 0. The Bertz CT molecular complexity index is 1600. The lowest BCUT2D eigenvalue weighted by atomic mass is 10.1. The van der Waals surface area contributed by atoms with Crippen molar-refractivity contribution in [3.63, 3.8) is 0 Å². The van der Waals surface area contributed by atoms with Crippen LogP contribution in [0.1, 0.15) is 12.5 Å². The molecule has 6 aromatic rings. The van der Waals surface area contributed by atoms with Crippen LogP contribution in [0.2, 0.25) is 0 Å². The number of H-pyrrole nitrogens is 2. The smallest absolute Gasteiger partial charge is 0.159 e. The molecule has 0 saturated heterocycles. The summed E-state index contributed by atoms with van der Waals surface area (Å²) in [5.41, 5.74) is 7.83. The highest BCUT2D eigenvalue weighted by molar-refractivity contribution is 5.96. The van der Waals surface area contributed by atoms with E-state index in [1.807, 2.05) is 36.8 Å². The third-order valence-electron chi connectivity index (χ3n) is 5.68. The first-order valence-corrected chi connectivity index (χ1v) is 11.0. The SMILES string of the molecule is CCNCc1cncc(-c2cnc3[nH]nc(-c4nc5c(-c6cccnc6)nccc5[nH]4)c3c2)c1. The van der Waals surface area contributed by atoms with Crippen molar-refractivity contribution in [1.29, 1.82) is 0 Å². The molecular weight excluding hydrogens is 426 g/mol. The molecule has 0 aliphatic rings. The van der Waals surface area contributed by atoms with Crippen molar-refractivity contribution in [3.8, 4) is 33.9 Å². The van der Waals surface area contributed by atoms with Gasteiger partial charge in [0.25, 0.3) is 0 Å². The van der Waals surface area contributed by atoms with E-state index in [0.29, 0.717) is 17.2 Å². The number of nitrogens with zero attached hydrogens (tertiary/aromatic N) is 6. The van der Waals surface area contributed by atoms with Crippen molar-refractivity contribution >= 4 is 22.1 Å². The number of hydrogen-bond acceptors (Lipinski definition) is 7. The molecule has 34 heavy (non-hydrogen) atoms. The van der Waals surface area contributed by atoms with Gasteiger partial charge in [-0.1, -0.05) is 6.92 Å². The van der Waals surface area contributed by atoms with Crippen LogP contribution in [0.15, 0.2) is 67.5 Å². The van der Waals surface area contributed by atoms with Gasteiger partial charge in [0, 0.05) is 60.4 Å². The fourth-order valence-corrected chi connectivity index (χ4v) is 4.01. The van der Waals surface area contributed by atoms with Crippen LogP contribution in [0.4, 0.5) is 0 Å². The number of rotatable bonds is 6. The van der Waals surface area contributed by atoms with E-state index < -0.39 is 0 Å². The molecule has 6 heterocycles. The zero-order valence-electron chi connectivity index (χ0n) is 18.4. The fraction of sp³-hybridized carbons (Fsp3) is 0.120. The van der Waals surface area contributed by atoms with Crippen LogP contribution in [0, 0.1) is 0 Å². The molecule has 0 unspecified atom stereocenters. The van der Waals surface area contributed by atoms with Crippen molar-refractivity contribution in [2.24, 2.45) is 0 Å². The monoisotopic (exact) mass is 447 g/mol. The van der Waals surface area contributed by atoms with Crippen molar-refractivity contribution < 1.29 is 0 Å². The molecule has 0 fully saturated rings. The molecule has 6 aromatic heterocycles. The maximum Gasteiger partial charge on any atom is 0.159 e. The lowest BCUT2D eigenvalue weighted by Gasteiger charge is -2.05. The summed E-state index contributed by atoms with van der Waals surface area (Å²) in [4.78, 5) is 26.0. The number of nitrogens with one attached hydrogen (secondary N) is 3. The minimum Gasteiger partial charge on any atom is -0.336 e. The Balaban J connectivity index is 1.44. The molecule has 6 rings (SSSR count). The molecule has 0 aliphatic carbocycles. The lowest BCUT2D eigenvalue weighted by molar-refractivity contribution is 0.724. The Morgan fingerprint density at radius 2 is 1.79 bits per heavy atom. The Kier molecular flexibility index (Phi) is 5.00. The predicted octanol–water partition coefficient (Wildman–Crippen LogP) is 4.13. The molecule has 0 saturated carbocycles. The first-order chi connectivity index (χ1) is 16.8. The van der Waals surface area contributed by atoms with Crippen LogP contribution in [-0.2, 0) is 6.54 Å². The van der Waals surface area contributed by atoms with Crippen molar-refractivity contribution in [1.82, 2.24) is 45.4 Å². The van der Waals surface area contributed by atoms with Gasteiger partial charge in [0.05, 0.1) is 16.6 Å². The van der Waals surface area contributed by atoms with Gasteiger partial charge in [-0.2, -0.15) is 5.10 Å². The summed E-state index contributed by atoms with van der Waals surface area (Å²) in [5.74, 6) is 0.650. The first-order valence-electron chi connectivity index (χ1n) is 11.0. The Morgan fingerprint density at radius 3 is 2.68 bits per heavy atom. The molecule has 0 bridgehead atoms. The number of hydrogen-bond donors (Lipinski definition) is 3. The molecule has 9 heteroatoms.